The maximum absolute atomic E-state index is 5.33. The fourth-order valence-electron chi connectivity index (χ4n) is 0.523. The Kier molecular flexibility index (Phi) is 6.21. The fourth-order valence-corrected chi connectivity index (χ4v) is 1.16. The van der Waals surface area contributed by atoms with Crippen molar-refractivity contribution in [1.29, 1.82) is 0 Å². The van der Waals surface area contributed by atoms with E-state index in [-0.39, 0.29) is 0 Å². The van der Waals surface area contributed by atoms with Crippen LogP contribution in [-0.2, 0) is 0 Å². The number of hydrogen-bond donors (Lipinski definition) is 1. The van der Waals surface area contributed by atoms with Gasteiger partial charge in [0, 0.05) is 5.75 Å². The van der Waals surface area contributed by atoms with Crippen LogP contribution >= 0.6 is 11.8 Å². The molecule has 0 saturated carbocycles. The molecule has 0 heterocycles. The van der Waals surface area contributed by atoms with Gasteiger partial charge >= 0.3 is 0 Å². The highest BCUT2D eigenvalue weighted by Gasteiger charge is 1.90. The van der Waals surface area contributed by atoms with Gasteiger partial charge in [-0.2, -0.15) is 11.8 Å². The second-order valence-corrected chi connectivity index (χ2v) is 3.20. The van der Waals surface area contributed by atoms with Crippen LogP contribution in [0.2, 0.25) is 0 Å². The first-order valence-corrected chi connectivity index (χ1v) is 4.41. The second kappa shape index (κ2) is 6.17. The summed E-state index contributed by atoms with van der Waals surface area (Å²) < 4.78 is 0. The summed E-state index contributed by atoms with van der Waals surface area (Å²) in [5, 5.41) is 0. The van der Waals surface area contributed by atoms with Crippen molar-refractivity contribution >= 4 is 11.8 Å². The lowest BCUT2D eigenvalue weighted by atomic mass is 10.2. The summed E-state index contributed by atoms with van der Waals surface area (Å²) in [4.78, 5) is 0. The Hall–Kier alpha value is 0.0500. The Morgan fingerprint density at radius 3 is 2.78 bits per heavy atom. The lowest BCUT2D eigenvalue weighted by Crippen LogP contribution is -2.00. The zero-order valence-corrected chi connectivity index (χ0v) is 6.84. The average molecular weight is 145 g/mol. The summed E-state index contributed by atoms with van der Waals surface area (Å²) >= 11 is 1.90. The van der Waals surface area contributed by atoms with E-state index in [0.29, 0.717) is 0 Å². The highest BCUT2D eigenvalue weighted by molar-refractivity contribution is 7.99. The van der Waals surface area contributed by atoms with Gasteiger partial charge in [0.1, 0.15) is 0 Å². The Morgan fingerprint density at radius 2 is 2.33 bits per heavy atom. The van der Waals surface area contributed by atoms with Crippen LogP contribution < -0.4 is 5.73 Å². The summed E-state index contributed by atoms with van der Waals surface area (Å²) in [7, 11) is 0. The third kappa shape index (κ3) is 5.93. The van der Waals surface area contributed by atoms with Crippen molar-refractivity contribution in [1.82, 2.24) is 0 Å². The molecule has 54 valence electrons. The van der Waals surface area contributed by atoms with Crippen molar-refractivity contribution < 1.29 is 0 Å². The molecular formula is C7H15NS. The lowest BCUT2D eigenvalue weighted by Gasteiger charge is -2.00. The van der Waals surface area contributed by atoms with Gasteiger partial charge < -0.3 is 5.73 Å². The van der Waals surface area contributed by atoms with Crippen LogP contribution in [0, 0.1) is 0 Å². The van der Waals surface area contributed by atoms with Crippen molar-refractivity contribution in [2.75, 3.05) is 18.1 Å². The molecule has 0 rings (SSSR count). The van der Waals surface area contributed by atoms with E-state index in [1.165, 1.54) is 11.3 Å². The molecule has 0 atom stereocenters. The molecule has 2 heteroatoms. The van der Waals surface area contributed by atoms with Gasteiger partial charge in [0.25, 0.3) is 0 Å². The van der Waals surface area contributed by atoms with Gasteiger partial charge in [-0.15, -0.1) is 0 Å². The Bertz CT molecular complexity index is 81.0. The molecule has 0 spiro atoms. The highest BCUT2D eigenvalue weighted by atomic mass is 32.2. The van der Waals surface area contributed by atoms with Crippen molar-refractivity contribution in [2.24, 2.45) is 5.73 Å². The molecule has 0 aromatic heterocycles. The van der Waals surface area contributed by atoms with Crippen LogP contribution in [0.25, 0.3) is 0 Å². The summed E-state index contributed by atoms with van der Waals surface area (Å²) in [5.74, 6) is 2.25. The fraction of sp³-hybridized carbons (Fsp3) is 0.714. The van der Waals surface area contributed by atoms with Gasteiger partial charge in [0.2, 0.25) is 0 Å². The van der Waals surface area contributed by atoms with E-state index in [0.717, 1.165) is 18.7 Å². The molecule has 0 aliphatic carbocycles. The van der Waals surface area contributed by atoms with Crippen molar-refractivity contribution in [3.05, 3.63) is 12.2 Å². The first-order chi connectivity index (χ1) is 4.31. The Morgan fingerprint density at radius 1 is 1.67 bits per heavy atom. The van der Waals surface area contributed by atoms with E-state index >= 15 is 0 Å². The zero-order valence-electron chi connectivity index (χ0n) is 6.02. The second-order valence-electron chi connectivity index (χ2n) is 1.93. The van der Waals surface area contributed by atoms with Crippen molar-refractivity contribution in [3.8, 4) is 0 Å². The minimum atomic E-state index is 0.739. The Labute approximate surface area is 61.7 Å². The number of rotatable bonds is 5. The van der Waals surface area contributed by atoms with Crippen molar-refractivity contribution in [2.45, 2.75) is 13.3 Å². The van der Waals surface area contributed by atoms with Crippen molar-refractivity contribution in [3.63, 3.8) is 0 Å². The van der Waals surface area contributed by atoms with E-state index < -0.39 is 0 Å². The highest BCUT2D eigenvalue weighted by Crippen LogP contribution is 2.07. The van der Waals surface area contributed by atoms with E-state index in [2.05, 4.69) is 13.5 Å². The van der Waals surface area contributed by atoms with Gasteiger partial charge in [-0.25, -0.2) is 0 Å². The van der Waals surface area contributed by atoms with E-state index in [9.17, 15) is 0 Å². The van der Waals surface area contributed by atoms with Crippen LogP contribution in [0.1, 0.15) is 13.3 Å². The number of thioether (sulfide) groups is 1. The van der Waals surface area contributed by atoms with Gasteiger partial charge in [0.15, 0.2) is 0 Å². The SMILES string of the molecule is C=C(CCN)CSCC. The molecule has 0 unspecified atom stereocenters. The number of hydrogen-bond acceptors (Lipinski definition) is 2. The maximum Gasteiger partial charge on any atom is 0.0140 e. The van der Waals surface area contributed by atoms with E-state index in [1.54, 1.807) is 0 Å². The molecule has 9 heavy (non-hydrogen) atoms. The van der Waals surface area contributed by atoms with Crippen LogP contribution in [-0.4, -0.2) is 18.1 Å². The molecule has 0 aliphatic rings. The molecule has 0 saturated heterocycles. The first kappa shape index (κ1) is 9.05. The quantitative estimate of drug-likeness (QED) is 0.595. The topological polar surface area (TPSA) is 26.0 Å². The molecular weight excluding hydrogens is 130 g/mol. The van der Waals surface area contributed by atoms with Gasteiger partial charge in [-0.1, -0.05) is 19.1 Å². The lowest BCUT2D eigenvalue weighted by molar-refractivity contribution is 0.958. The number of nitrogens with two attached hydrogens (primary N) is 1. The predicted molar refractivity (Wildman–Crippen MR) is 45.8 cm³/mol. The standard InChI is InChI=1S/C7H15NS/c1-3-9-6-7(2)4-5-8/h2-6,8H2,1H3. The van der Waals surface area contributed by atoms with Gasteiger partial charge in [-0.3, -0.25) is 0 Å². The van der Waals surface area contributed by atoms with Crippen LogP contribution in [0.15, 0.2) is 12.2 Å². The first-order valence-electron chi connectivity index (χ1n) is 3.25. The summed E-state index contributed by atoms with van der Waals surface area (Å²) in [6, 6.07) is 0. The molecule has 2 N–H and O–H groups in total. The third-order valence-corrected chi connectivity index (χ3v) is 2.03. The van der Waals surface area contributed by atoms with Crippen LogP contribution in [0.3, 0.4) is 0 Å². The Balaban J connectivity index is 3.06. The van der Waals surface area contributed by atoms with E-state index in [4.69, 9.17) is 5.73 Å². The molecule has 0 bridgehead atoms. The maximum atomic E-state index is 5.33. The van der Waals surface area contributed by atoms with Gasteiger partial charge in [-0.05, 0) is 18.7 Å². The van der Waals surface area contributed by atoms with Gasteiger partial charge in [0.05, 0.1) is 0 Å². The minimum Gasteiger partial charge on any atom is -0.330 e. The summed E-state index contributed by atoms with van der Waals surface area (Å²) in [6.45, 7) is 6.77. The molecule has 0 aliphatic heterocycles. The summed E-state index contributed by atoms with van der Waals surface area (Å²) in [6.07, 6.45) is 0.979. The summed E-state index contributed by atoms with van der Waals surface area (Å²) in [5.41, 5.74) is 6.60. The minimum absolute atomic E-state index is 0.739. The molecule has 0 amide bonds. The largest absolute Gasteiger partial charge is 0.330 e. The zero-order chi connectivity index (χ0) is 7.11. The molecule has 0 radical (unpaired) electrons. The normalized spacial score (nSPS) is 9.56. The third-order valence-electron chi connectivity index (χ3n) is 1.01. The molecule has 0 aromatic carbocycles. The van der Waals surface area contributed by atoms with Crippen LogP contribution in [0.5, 0.6) is 0 Å². The molecule has 0 fully saturated rings. The molecule has 1 nitrogen and oxygen atoms in total. The predicted octanol–water partition coefficient (Wildman–Crippen LogP) is 1.64. The average Bonchev–Trinajstić information content (AvgIpc) is 1.85. The smallest absolute Gasteiger partial charge is 0.0140 e. The van der Waals surface area contributed by atoms with Crippen LogP contribution in [0.4, 0.5) is 0 Å². The molecule has 0 aromatic rings. The van der Waals surface area contributed by atoms with E-state index in [1.807, 2.05) is 11.8 Å². The monoisotopic (exact) mass is 145 g/mol.